The molecule has 0 N–H and O–H groups in total. The maximum absolute atomic E-state index is 5.92. The topological polar surface area (TPSA) is 31.6 Å². The Morgan fingerprint density at radius 3 is 2.67 bits per heavy atom. The van der Waals surface area contributed by atoms with Crippen molar-refractivity contribution in [1.82, 2.24) is 0 Å². The smallest absolute Gasteiger partial charge is 0.170 e. The van der Waals surface area contributed by atoms with Gasteiger partial charge >= 0.3 is 0 Å². The first-order chi connectivity index (χ1) is 10.3. The lowest BCUT2D eigenvalue weighted by Crippen LogP contribution is -1.90. The molecule has 3 nitrogen and oxygen atoms in total. The summed E-state index contributed by atoms with van der Waals surface area (Å²) in [6.45, 7) is 3.75. The molecule has 0 spiro atoms. The van der Waals surface area contributed by atoms with Crippen LogP contribution < -0.4 is 9.47 Å². The Morgan fingerprint density at radius 1 is 1.14 bits per heavy atom. The Hall–Kier alpha value is -2.68. The molecule has 0 aliphatic heterocycles. The predicted octanol–water partition coefficient (Wildman–Crippen LogP) is 4.96. The minimum Gasteiger partial charge on any atom is -0.493 e. The summed E-state index contributed by atoms with van der Waals surface area (Å²) in [4.78, 5) is 0. The standard InChI is InChI=1S/C18H16O3/c1-3-7-16-15-11-18(21-14-8-5-4-6-9-14)17(19-2)10-13(15)12-20-16/h3-6,8-12H,1,7H2,2H3. The molecule has 3 rings (SSSR count). The molecule has 0 atom stereocenters. The van der Waals surface area contributed by atoms with Crippen molar-refractivity contribution >= 4 is 10.8 Å². The van der Waals surface area contributed by atoms with E-state index < -0.39 is 0 Å². The van der Waals surface area contributed by atoms with Crippen LogP contribution in [0.5, 0.6) is 17.2 Å². The van der Waals surface area contributed by atoms with Crippen molar-refractivity contribution < 1.29 is 13.9 Å². The van der Waals surface area contributed by atoms with Crippen LogP contribution in [0.25, 0.3) is 10.8 Å². The minimum absolute atomic E-state index is 0.669. The Balaban J connectivity index is 2.06. The second kappa shape index (κ2) is 5.75. The SMILES string of the molecule is C=CCc1occ2cc(OC)c(Oc3ccccc3)cc12. The van der Waals surface area contributed by atoms with Gasteiger partial charge in [-0.3, -0.25) is 0 Å². The van der Waals surface area contributed by atoms with Gasteiger partial charge in [0.1, 0.15) is 11.5 Å². The highest BCUT2D eigenvalue weighted by atomic mass is 16.5. The van der Waals surface area contributed by atoms with Crippen molar-refractivity contribution in [2.24, 2.45) is 0 Å². The van der Waals surface area contributed by atoms with Gasteiger partial charge in [-0.05, 0) is 24.3 Å². The molecule has 3 aromatic rings. The molecule has 2 aromatic carbocycles. The van der Waals surface area contributed by atoms with Crippen LogP contribution in [-0.4, -0.2) is 7.11 Å². The fraction of sp³-hybridized carbons (Fsp3) is 0.111. The number of ether oxygens (including phenoxy) is 2. The highest BCUT2D eigenvalue weighted by molar-refractivity contribution is 5.87. The molecular weight excluding hydrogens is 264 g/mol. The number of fused-ring (bicyclic) bond motifs is 1. The van der Waals surface area contributed by atoms with Gasteiger partial charge in [-0.2, -0.15) is 0 Å². The largest absolute Gasteiger partial charge is 0.493 e. The molecule has 0 saturated carbocycles. The van der Waals surface area contributed by atoms with Gasteiger partial charge in [0, 0.05) is 17.2 Å². The summed E-state index contributed by atoms with van der Waals surface area (Å²) < 4.78 is 16.9. The Kier molecular flexibility index (Phi) is 3.65. The zero-order valence-corrected chi connectivity index (χ0v) is 11.8. The molecule has 0 aliphatic carbocycles. The monoisotopic (exact) mass is 280 g/mol. The van der Waals surface area contributed by atoms with Crippen molar-refractivity contribution in [3.05, 3.63) is 67.1 Å². The van der Waals surface area contributed by atoms with Gasteiger partial charge in [0.15, 0.2) is 11.5 Å². The molecule has 106 valence electrons. The maximum Gasteiger partial charge on any atom is 0.170 e. The van der Waals surface area contributed by atoms with Crippen molar-refractivity contribution in [3.8, 4) is 17.2 Å². The minimum atomic E-state index is 0.669. The molecule has 0 bridgehead atoms. The molecule has 0 aliphatic rings. The van der Waals surface area contributed by atoms with Crippen LogP contribution in [0.15, 0.2) is 65.8 Å². The first-order valence-corrected chi connectivity index (χ1v) is 6.73. The zero-order chi connectivity index (χ0) is 14.7. The molecule has 1 heterocycles. The molecular formula is C18H16O3. The average Bonchev–Trinajstić information content (AvgIpc) is 2.90. The molecule has 0 unspecified atom stereocenters. The van der Waals surface area contributed by atoms with E-state index in [0.717, 1.165) is 22.3 Å². The van der Waals surface area contributed by atoms with E-state index in [9.17, 15) is 0 Å². The van der Waals surface area contributed by atoms with E-state index in [-0.39, 0.29) is 0 Å². The number of furan rings is 1. The fourth-order valence-corrected chi connectivity index (χ4v) is 2.26. The number of allylic oxidation sites excluding steroid dienone is 1. The van der Waals surface area contributed by atoms with E-state index in [1.54, 1.807) is 13.4 Å². The van der Waals surface area contributed by atoms with Crippen LogP contribution in [0, 0.1) is 0 Å². The lowest BCUT2D eigenvalue weighted by molar-refractivity contribution is 0.380. The van der Waals surface area contributed by atoms with E-state index in [4.69, 9.17) is 13.9 Å². The van der Waals surface area contributed by atoms with E-state index in [1.807, 2.05) is 48.5 Å². The van der Waals surface area contributed by atoms with Crippen molar-refractivity contribution in [1.29, 1.82) is 0 Å². The summed E-state index contributed by atoms with van der Waals surface area (Å²) in [7, 11) is 1.63. The van der Waals surface area contributed by atoms with Gasteiger partial charge in [-0.1, -0.05) is 24.3 Å². The number of para-hydroxylation sites is 1. The second-order valence-electron chi connectivity index (χ2n) is 4.66. The zero-order valence-electron chi connectivity index (χ0n) is 11.8. The summed E-state index contributed by atoms with van der Waals surface area (Å²) in [6, 6.07) is 13.5. The van der Waals surface area contributed by atoms with Crippen LogP contribution in [0.2, 0.25) is 0 Å². The summed E-state index contributed by atoms with van der Waals surface area (Å²) in [5, 5.41) is 2.01. The fourth-order valence-electron chi connectivity index (χ4n) is 2.26. The van der Waals surface area contributed by atoms with E-state index in [0.29, 0.717) is 17.9 Å². The van der Waals surface area contributed by atoms with Gasteiger partial charge in [0.05, 0.1) is 13.4 Å². The van der Waals surface area contributed by atoms with Crippen LogP contribution in [-0.2, 0) is 6.42 Å². The number of methoxy groups -OCH3 is 1. The molecule has 1 aromatic heterocycles. The Morgan fingerprint density at radius 2 is 1.95 bits per heavy atom. The van der Waals surface area contributed by atoms with Gasteiger partial charge in [-0.25, -0.2) is 0 Å². The summed E-state index contributed by atoms with van der Waals surface area (Å²) >= 11 is 0. The lowest BCUT2D eigenvalue weighted by Gasteiger charge is -2.10. The third-order valence-corrected chi connectivity index (χ3v) is 3.27. The van der Waals surface area contributed by atoms with Crippen molar-refractivity contribution in [2.45, 2.75) is 6.42 Å². The van der Waals surface area contributed by atoms with Crippen molar-refractivity contribution in [2.75, 3.05) is 7.11 Å². The van der Waals surface area contributed by atoms with Crippen molar-refractivity contribution in [3.63, 3.8) is 0 Å². The number of benzene rings is 2. The van der Waals surface area contributed by atoms with Gasteiger partial charge in [0.25, 0.3) is 0 Å². The molecule has 0 amide bonds. The number of rotatable bonds is 5. The molecule has 0 radical (unpaired) electrons. The van der Waals surface area contributed by atoms with Crippen LogP contribution in [0.3, 0.4) is 0 Å². The maximum atomic E-state index is 5.92. The lowest BCUT2D eigenvalue weighted by atomic mass is 10.1. The molecule has 21 heavy (non-hydrogen) atoms. The number of hydrogen-bond acceptors (Lipinski definition) is 3. The van der Waals surface area contributed by atoms with E-state index >= 15 is 0 Å². The number of hydrogen-bond donors (Lipinski definition) is 0. The molecule has 0 saturated heterocycles. The highest BCUT2D eigenvalue weighted by Crippen LogP contribution is 2.37. The third-order valence-electron chi connectivity index (χ3n) is 3.27. The van der Waals surface area contributed by atoms with Gasteiger partial charge in [0.2, 0.25) is 0 Å². The van der Waals surface area contributed by atoms with Crippen LogP contribution >= 0.6 is 0 Å². The Labute approximate surface area is 123 Å². The summed E-state index contributed by atoms with van der Waals surface area (Å²) in [5.74, 6) is 2.99. The second-order valence-corrected chi connectivity index (χ2v) is 4.66. The molecule has 3 heteroatoms. The Bertz CT molecular complexity index is 757. The average molecular weight is 280 g/mol. The van der Waals surface area contributed by atoms with Crippen LogP contribution in [0.4, 0.5) is 0 Å². The van der Waals surface area contributed by atoms with E-state index in [1.165, 1.54) is 0 Å². The summed E-state index contributed by atoms with van der Waals surface area (Å²) in [6.07, 6.45) is 4.23. The van der Waals surface area contributed by atoms with Crippen LogP contribution in [0.1, 0.15) is 5.76 Å². The van der Waals surface area contributed by atoms with E-state index in [2.05, 4.69) is 6.58 Å². The summed E-state index contributed by atoms with van der Waals surface area (Å²) in [5.41, 5.74) is 0. The molecule has 0 fully saturated rings. The normalized spacial score (nSPS) is 10.5. The highest BCUT2D eigenvalue weighted by Gasteiger charge is 2.12. The van der Waals surface area contributed by atoms with Gasteiger partial charge in [-0.15, -0.1) is 6.58 Å². The third kappa shape index (κ3) is 2.63. The first kappa shape index (κ1) is 13.3. The van der Waals surface area contributed by atoms with Gasteiger partial charge < -0.3 is 13.9 Å². The quantitative estimate of drug-likeness (QED) is 0.619. The first-order valence-electron chi connectivity index (χ1n) is 6.73. The predicted molar refractivity (Wildman–Crippen MR) is 83.2 cm³/mol.